The van der Waals surface area contributed by atoms with Crippen LogP contribution in [-0.2, 0) is 0 Å². The summed E-state index contributed by atoms with van der Waals surface area (Å²) < 4.78 is 0. The predicted octanol–water partition coefficient (Wildman–Crippen LogP) is 1.63. The van der Waals surface area contributed by atoms with Gasteiger partial charge >= 0.3 is 0 Å². The highest BCUT2D eigenvalue weighted by molar-refractivity contribution is 7.99. The fourth-order valence-electron chi connectivity index (χ4n) is 1.85. The lowest BCUT2D eigenvalue weighted by atomic mass is 10.2. The van der Waals surface area contributed by atoms with E-state index in [1.54, 1.807) is 6.20 Å². The first-order valence-corrected chi connectivity index (χ1v) is 6.63. The molecular weight excluding hydrogens is 274 g/mol. The number of H-pyrrole nitrogens is 1. The van der Waals surface area contributed by atoms with Crippen molar-refractivity contribution in [2.75, 3.05) is 11.5 Å². The molecule has 0 aliphatic carbocycles. The minimum Gasteiger partial charge on any atom is -0.397 e. The summed E-state index contributed by atoms with van der Waals surface area (Å²) in [7, 11) is 0. The number of aromatic nitrogens is 3. The molecular formula is C13H11N5OS. The van der Waals surface area contributed by atoms with Gasteiger partial charge in [-0.15, -0.1) is 0 Å². The molecule has 0 amide bonds. The van der Waals surface area contributed by atoms with Crippen molar-refractivity contribution in [3.05, 3.63) is 46.9 Å². The van der Waals surface area contributed by atoms with Crippen LogP contribution in [0.25, 0.3) is 10.9 Å². The maximum Gasteiger partial charge on any atom is 0.253 e. The minimum atomic E-state index is -0.291. The van der Waals surface area contributed by atoms with Crippen LogP contribution >= 0.6 is 11.8 Å². The highest BCUT2D eigenvalue weighted by atomic mass is 32.2. The quantitative estimate of drug-likeness (QED) is 0.487. The normalized spacial score (nSPS) is 10.8. The second-order valence-corrected chi connectivity index (χ2v) is 5.16. The van der Waals surface area contributed by atoms with E-state index in [-0.39, 0.29) is 11.4 Å². The molecule has 0 unspecified atom stereocenters. The van der Waals surface area contributed by atoms with Crippen LogP contribution in [0.3, 0.4) is 0 Å². The summed E-state index contributed by atoms with van der Waals surface area (Å²) in [6, 6.07) is 8.68. The molecule has 2 heterocycles. The van der Waals surface area contributed by atoms with E-state index >= 15 is 0 Å². The number of aromatic amines is 1. The van der Waals surface area contributed by atoms with Crippen molar-refractivity contribution < 1.29 is 0 Å². The molecule has 0 saturated heterocycles. The third kappa shape index (κ3) is 2.30. The van der Waals surface area contributed by atoms with Crippen molar-refractivity contribution in [2.45, 2.75) is 10.1 Å². The van der Waals surface area contributed by atoms with Crippen molar-refractivity contribution >= 4 is 34.2 Å². The molecule has 0 spiro atoms. The van der Waals surface area contributed by atoms with Gasteiger partial charge in [0.2, 0.25) is 0 Å². The van der Waals surface area contributed by atoms with E-state index in [2.05, 4.69) is 15.0 Å². The molecule has 1 aromatic carbocycles. The number of fused-ring (bicyclic) bond motifs is 1. The molecule has 3 rings (SSSR count). The Kier molecular flexibility index (Phi) is 3.03. The Labute approximate surface area is 118 Å². The molecule has 6 nitrogen and oxygen atoms in total. The zero-order valence-electron chi connectivity index (χ0n) is 10.3. The van der Waals surface area contributed by atoms with Crippen LogP contribution in [0.4, 0.5) is 11.5 Å². The van der Waals surface area contributed by atoms with Gasteiger partial charge in [0.15, 0.2) is 5.16 Å². The lowest BCUT2D eigenvalue weighted by Crippen LogP contribution is -2.09. The van der Waals surface area contributed by atoms with Crippen LogP contribution in [-0.4, -0.2) is 15.0 Å². The average molecular weight is 285 g/mol. The smallest absolute Gasteiger partial charge is 0.253 e. The molecule has 2 aromatic heterocycles. The third-order valence-electron chi connectivity index (χ3n) is 2.73. The zero-order valence-corrected chi connectivity index (χ0v) is 11.1. The van der Waals surface area contributed by atoms with Gasteiger partial charge in [0.05, 0.1) is 11.2 Å². The van der Waals surface area contributed by atoms with E-state index in [9.17, 15) is 4.79 Å². The average Bonchev–Trinajstić information content (AvgIpc) is 2.41. The summed E-state index contributed by atoms with van der Waals surface area (Å²) in [5.41, 5.74) is 12.8. The molecule has 0 fully saturated rings. The van der Waals surface area contributed by atoms with E-state index in [1.807, 2.05) is 24.3 Å². The molecule has 3 aromatic rings. The highest BCUT2D eigenvalue weighted by Crippen LogP contribution is 2.33. The lowest BCUT2D eigenvalue weighted by molar-refractivity contribution is 0.945. The number of nitrogens with one attached hydrogen (secondary N) is 1. The largest absolute Gasteiger partial charge is 0.397 e. The molecule has 0 aliphatic rings. The number of nitrogens with zero attached hydrogens (tertiary/aromatic N) is 2. The van der Waals surface area contributed by atoms with Crippen LogP contribution in [0.1, 0.15) is 0 Å². The molecule has 0 atom stereocenters. The molecule has 0 radical (unpaired) electrons. The van der Waals surface area contributed by atoms with Crippen molar-refractivity contribution in [3.8, 4) is 0 Å². The van der Waals surface area contributed by atoms with Gasteiger partial charge < -0.3 is 16.5 Å². The summed E-state index contributed by atoms with van der Waals surface area (Å²) in [5, 5.41) is 1.27. The Morgan fingerprint density at radius 3 is 2.85 bits per heavy atom. The first-order valence-electron chi connectivity index (χ1n) is 5.81. The molecule has 100 valence electrons. The lowest BCUT2D eigenvalue weighted by Gasteiger charge is -2.07. The van der Waals surface area contributed by atoms with Crippen LogP contribution in [0.2, 0.25) is 0 Å². The maximum atomic E-state index is 11.4. The van der Waals surface area contributed by atoms with Gasteiger partial charge in [-0.3, -0.25) is 9.78 Å². The summed E-state index contributed by atoms with van der Waals surface area (Å²) in [6.07, 6.45) is 1.71. The summed E-state index contributed by atoms with van der Waals surface area (Å²) >= 11 is 1.26. The van der Waals surface area contributed by atoms with Gasteiger partial charge in [0.25, 0.3) is 5.56 Å². The van der Waals surface area contributed by atoms with E-state index in [1.165, 1.54) is 17.8 Å². The van der Waals surface area contributed by atoms with E-state index < -0.39 is 0 Å². The summed E-state index contributed by atoms with van der Waals surface area (Å²) in [5.74, 6) is 0.178. The summed E-state index contributed by atoms with van der Waals surface area (Å²) in [6.45, 7) is 0. The molecule has 20 heavy (non-hydrogen) atoms. The molecule has 7 heteroatoms. The second-order valence-electron chi connectivity index (χ2n) is 4.12. The van der Waals surface area contributed by atoms with Crippen LogP contribution in [0.5, 0.6) is 0 Å². The number of rotatable bonds is 2. The highest BCUT2D eigenvalue weighted by Gasteiger charge is 2.08. The molecule has 0 saturated carbocycles. The third-order valence-corrected chi connectivity index (χ3v) is 3.70. The van der Waals surface area contributed by atoms with Crippen LogP contribution in [0, 0.1) is 0 Å². The minimum absolute atomic E-state index is 0.178. The monoisotopic (exact) mass is 285 g/mol. The number of hydrogen-bond acceptors (Lipinski definition) is 6. The predicted molar refractivity (Wildman–Crippen MR) is 79.5 cm³/mol. The second kappa shape index (κ2) is 4.86. The molecule has 5 N–H and O–H groups in total. The van der Waals surface area contributed by atoms with Gasteiger partial charge in [-0.1, -0.05) is 0 Å². The first-order chi connectivity index (χ1) is 9.63. The van der Waals surface area contributed by atoms with Gasteiger partial charge in [-0.25, -0.2) is 4.98 Å². The molecule has 0 aliphatic heterocycles. The number of nitrogens with two attached hydrogens (primary N) is 2. The Balaban J connectivity index is 2.06. The van der Waals surface area contributed by atoms with Crippen molar-refractivity contribution in [3.63, 3.8) is 0 Å². The van der Waals surface area contributed by atoms with Crippen molar-refractivity contribution in [1.29, 1.82) is 0 Å². The fourth-order valence-corrected chi connectivity index (χ4v) is 2.72. The van der Waals surface area contributed by atoms with Crippen molar-refractivity contribution in [2.24, 2.45) is 0 Å². The fraction of sp³-hybridized carbons (Fsp3) is 0. The summed E-state index contributed by atoms with van der Waals surface area (Å²) in [4.78, 5) is 23.1. The van der Waals surface area contributed by atoms with Gasteiger partial charge in [0.1, 0.15) is 5.82 Å². The number of benzene rings is 1. The zero-order chi connectivity index (χ0) is 14.1. The Bertz CT molecular complexity index is 846. The Morgan fingerprint density at radius 2 is 2.05 bits per heavy atom. The Hall–Kier alpha value is -2.54. The standard InChI is InChI=1S/C13H11N5OS/c14-10-6-11(19)18-13(17-10)20-9-4-3-8-7(12(9)15)2-1-5-16-8/h1-6H,15H2,(H3,14,17,18,19). The van der Waals surface area contributed by atoms with E-state index in [0.717, 1.165) is 15.8 Å². The van der Waals surface area contributed by atoms with Gasteiger partial charge in [0, 0.05) is 22.5 Å². The SMILES string of the molecule is Nc1cc(=O)[nH]c(Sc2ccc3ncccc3c2N)n1. The van der Waals surface area contributed by atoms with E-state index in [4.69, 9.17) is 11.5 Å². The maximum absolute atomic E-state index is 11.4. The first kappa shape index (κ1) is 12.5. The number of hydrogen-bond donors (Lipinski definition) is 3. The van der Waals surface area contributed by atoms with Crippen molar-refractivity contribution in [1.82, 2.24) is 15.0 Å². The number of pyridine rings is 1. The van der Waals surface area contributed by atoms with Gasteiger partial charge in [-0.2, -0.15) is 0 Å². The Morgan fingerprint density at radius 1 is 1.20 bits per heavy atom. The van der Waals surface area contributed by atoms with Gasteiger partial charge in [-0.05, 0) is 36.0 Å². The topological polar surface area (TPSA) is 111 Å². The number of anilines is 2. The van der Waals surface area contributed by atoms with Crippen LogP contribution in [0.15, 0.2) is 51.4 Å². The molecule has 0 bridgehead atoms. The van der Waals surface area contributed by atoms with Crippen LogP contribution < -0.4 is 17.0 Å². The number of nitrogen functional groups attached to an aromatic ring is 2. The van der Waals surface area contributed by atoms with E-state index in [0.29, 0.717) is 10.8 Å².